The Bertz CT molecular complexity index is 662. The Balaban J connectivity index is 2.12. The maximum atomic E-state index is 12.4. The number of hydrogen-bond acceptors (Lipinski definition) is 2. The Morgan fingerprint density at radius 2 is 1.91 bits per heavy atom. The summed E-state index contributed by atoms with van der Waals surface area (Å²) in [6, 6.07) is 13.3. The van der Waals surface area contributed by atoms with E-state index in [1.165, 1.54) is 0 Å². The summed E-state index contributed by atoms with van der Waals surface area (Å²) in [5.41, 5.74) is 3.61. The molecule has 3 heteroatoms. The van der Waals surface area contributed by atoms with Gasteiger partial charge in [0.2, 0.25) is 0 Å². The minimum Gasteiger partial charge on any atom is -0.493 e. The van der Waals surface area contributed by atoms with Crippen LogP contribution in [-0.4, -0.2) is 12.5 Å². The molecule has 22 heavy (non-hydrogen) atoms. The fraction of sp³-hybridized carbons (Fsp3) is 0.316. The normalized spacial score (nSPS) is 10.6. The van der Waals surface area contributed by atoms with Crippen LogP contribution in [0.1, 0.15) is 35.3 Å². The lowest BCUT2D eigenvalue weighted by Gasteiger charge is -2.11. The maximum absolute atomic E-state index is 12.4. The van der Waals surface area contributed by atoms with Gasteiger partial charge in [-0.05, 0) is 55.2 Å². The fourth-order valence-corrected chi connectivity index (χ4v) is 2.06. The number of carbonyl (C=O) groups is 1. The van der Waals surface area contributed by atoms with Gasteiger partial charge in [0.15, 0.2) is 0 Å². The summed E-state index contributed by atoms with van der Waals surface area (Å²) in [6.45, 7) is 8.82. The summed E-state index contributed by atoms with van der Waals surface area (Å²) in [7, 11) is 0. The lowest BCUT2D eigenvalue weighted by Crippen LogP contribution is -2.13. The zero-order chi connectivity index (χ0) is 16.1. The number of carbonyl (C=O) groups excluding carboxylic acids is 1. The number of amides is 1. The molecule has 0 unspecified atom stereocenters. The first-order chi connectivity index (χ1) is 10.5. The average Bonchev–Trinajstić information content (AvgIpc) is 2.49. The van der Waals surface area contributed by atoms with E-state index in [0.29, 0.717) is 18.1 Å². The molecule has 1 amide bonds. The second-order valence-corrected chi connectivity index (χ2v) is 6.01. The lowest BCUT2D eigenvalue weighted by molar-refractivity contribution is 0.102. The number of benzene rings is 2. The molecule has 0 saturated heterocycles. The summed E-state index contributed by atoms with van der Waals surface area (Å²) in [4.78, 5) is 12.4. The first kappa shape index (κ1) is 16.1. The van der Waals surface area contributed by atoms with Gasteiger partial charge in [0.05, 0.1) is 6.61 Å². The molecule has 0 aromatic heterocycles. The van der Waals surface area contributed by atoms with E-state index in [1.807, 2.05) is 44.2 Å². The predicted molar refractivity (Wildman–Crippen MR) is 90.6 cm³/mol. The molecule has 0 bridgehead atoms. The van der Waals surface area contributed by atoms with Crippen molar-refractivity contribution in [2.45, 2.75) is 27.7 Å². The van der Waals surface area contributed by atoms with Crippen molar-refractivity contribution in [1.29, 1.82) is 0 Å². The quantitative estimate of drug-likeness (QED) is 0.876. The van der Waals surface area contributed by atoms with Crippen molar-refractivity contribution in [3.63, 3.8) is 0 Å². The van der Waals surface area contributed by atoms with Gasteiger partial charge in [0.25, 0.3) is 5.91 Å². The van der Waals surface area contributed by atoms with Gasteiger partial charge >= 0.3 is 0 Å². The Labute approximate surface area is 132 Å². The molecule has 116 valence electrons. The number of anilines is 1. The van der Waals surface area contributed by atoms with Crippen LogP contribution in [0, 0.1) is 19.8 Å². The van der Waals surface area contributed by atoms with Gasteiger partial charge in [-0.2, -0.15) is 0 Å². The van der Waals surface area contributed by atoms with E-state index in [1.54, 1.807) is 12.1 Å². The molecule has 0 fully saturated rings. The highest BCUT2D eigenvalue weighted by atomic mass is 16.5. The minimum atomic E-state index is -0.122. The van der Waals surface area contributed by atoms with Crippen LogP contribution < -0.4 is 10.1 Å². The van der Waals surface area contributed by atoms with E-state index >= 15 is 0 Å². The van der Waals surface area contributed by atoms with E-state index in [9.17, 15) is 4.79 Å². The molecule has 2 rings (SSSR count). The summed E-state index contributed by atoms with van der Waals surface area (Å²) < 4.78 is 5.67. The number of ether oxygens (including phenoxy) is 1. The van der Waals surface area contributed by atoms with Gasteiger partial charge in [-0.15, -0.1) is 0 Å². The van der Waals surface area contributed by atoms with Crippen LogP contribution in [0.25, 0.3) is 0 Å². The Kier molecular flexibility index (Phi) is 5.21. The van der Waals surface area contributed by atoms with E-state index < -0.39 is 0 Å². The Morgan fingerprint density at radius 3 is 2.64 bits per heavy atom. The van der Waals surface area contributed by atoms with Crippen molar-refractivity contribution in [2.24, 2.45) is 5.92 Å². The first-order valence-electron chi connectivity index (χ1n) is 7.57. The third-order valence-corrected chi connectivity index (χ3v) is 3.32. The molecule has 0 heterocycles. The van der Waals surface area contributed by atoms with Gasteiger partial charge in [-0.3, -0.25) is 4.79 Å². The molecule has 3 nitrogen and oxygen atoms in total. The molecule has 0 atom stereocenters. The molecule has 0 aliphatic carbocycles. The third kappa shape index (κ3) is 4.35. The smallest absolute Gasteiger partial charge is 0.255 e. The van der Waals surface area contributed by atoms with Crippen molar-refractivity contribution in [3.05, 3.63) is 59.2 Å². The topological polar surface area (TPSA) is 38.3 Å². The van der Waals surface area contributed by atoms with Gasteiger partial charge < -0.3 is 10.1 Å². The number of rotatable bonds is 5. The van der Waals surface area contributed by atoms with Crippen LogP contribution in [0.5, 0.6) is 5.75 Å². The molecule has 2 aromatic rings. The molecule has 1 N–H and O–H groups in total. The molecule has 0 saturated carbocycles. The van der Waals surface area contributed by atoms with Gasteiger partial charge in [0.1, 0.15) is 5.75 Å². The van der Waals surface area contributed by atoms with Crippen molar-refractivity contribution >= 4 is 11.6 Å². The summed E-state index contributed by atoms with van der Waals surface area (Å²) >= 11 is 0. The minimum absolute atomic E-state index is 0.122. The molecule has 0 aliphatic heterocycles. The molecule has 0 aliphatic rings. The monoisotopic (exact) mass is 297 g/mol. The highest BCUT2D eigenvalue weighted by Crippen LogP contribution is 2.19. The maximum Gasteiger partial charge on any atom is 0.255 e. The molecular formula is C19H23NO2. The van der Waals surface area contributed by atoms with Crippen molar-refractivity contribution in [1.82, 2.24) is 0 Å². The van der Waals surface area contributed by atoms with Crippen molar-refractivity contribution in [2.75, 3.05) is 11.9 Å². The molecule has 0 radical (unpaired) electrons. The van der Waals surface area contributed by atoms with Crippen LogP contribution >= 0.6 is 0 Å². The zero-order valence-electron chi connectivity index (χ0n) is 13.6. The second-order valence-electron chi connectivity index (χ2n) is 6.01. The van der Waals surface area contributed by atoms with Crippen LogP contribution in [0.2, 0.25) is 0 Å². The van der Waals surface area contributed by atoms with E-state index in [-0.39, 0.29) is 5.91 Å². The van der Waals surface area contributed by atoms with Crippen LogP contribution in [0.15, 0.2) is 42.5 Å². The van der Waals surface area contributed by atoms with E-state index in [2.05, 4.69) is 19.2 Å². The number of hydrogen-bond donors (Lipinski definition) is 1. The summed E-state index contributed by atoms with van der Waals surface area (Å²) in [6.07, 6.45) is 0. The Morgan fingerprint density at radius 1 is 1.14 bits per heavy atom. The molecular weight excluding hydrogens is 274 g/mol. The zero-order valence-corrected chi connectivity index (χ0v) is 13.6. The van der Waals surface area contributed by atoms with E-state index in [4.69, 9.17) is 4.74 Å². The van der Waals surface area contributed by atoms with Gasteiger partial charge in [-0.25, -0.2) is 0 Å². The fourth-order valence-electron chi connectivity index (χ4n) is 2.06. The highest BCUT2D eigenvalue weighted by Gasteiger charge is 2.09. The highest BCUT2D eigenvalue weighted by molar-refractivity contribution is 6.04. The van der Waals surface area contributed by atoms with Crippen LogP contribution in [-0.2, 0) is 0 Å². The summed E-state index contributed by atoms with van der Waals surface area (Å²) in [5.74, 6) is 1.05. The summed E-state index contributed by atoms with van der Waals surface area (Å²) in [5, 5.41) is 2.96. The lowest BCUT2D eigenvalue weighted by atomic mass is 10.1. The van der Waals surface area contributed by atoms with Gasteiger partial charge in [0, 0.05) is 11.3 Å². The standard InChI is InChI=1S/C19H23NO2/c1-13(2)12-22-17-7-5-6-16(11-17)19(21)20-18-10-14(3)8-9-15(18)4/h5-11,13H,12H2,1-4H3,(H,20,21). The second kappa shape index (κ2) is 7.12. The number of nitrogens with one attached hydrogen (secondary N) is 1. The third-order valence-electron chi connectivity index (χ3n) is 3.32. The van der Waals surface area contributed by atoms with Crippen molar-refractivity contribution in [3.8, 4) is 5.75 Å². The Hall–Kier alpha value is -2.29. The predicted octanol–water partition coefficient (Wildman–Crippen LogP) is 4.59. The SMILES string of the molecule is Cc1ccc(C)c(NC(=O)c2cccc(OCC(C)C)c2)c1. The average molecular weight is 297 g/mol. The van der Waals surface area contributed by atoms with Gasteiger partial charge in [-0.1, -0.05) is 32.0 Å². The van der Waals surface area contributed by atoms with Crippen LogP contribution in [0.3, 0.4) is 0 Å². The molecule has 0 spiro atoms. The molecule has 2 aromatic carbocycles. The first-order valence-corrected chi connectivity index (χ1v) is 7.57. The largest absolute Gasteiger partial charge is 0.493 e. The number of aryl methyl sites for hydroxylation is 2. The van der Waals surface area contributed by atoms with Crippen molar-refractivity contribution < 1.29 is 9.53 Å². The van der Waals surface area contributed by atoms with E-state index in [0.717, 1.165) is 22.6 Å². The van der Waals surface area contributed by atoms with Crippen LogP contribution in [0.4, 0.5) is 5.69 Å².